The molecular weight excluding hydrogens is 758 g/mol. The highest BCUT2D eigenvalue weighted by atomic mass is 32.3. The molecular formula is C38H67NO16S. The average molecular weight is 826 g/mol. The Kier molecular flexibility index (Phi) is 16.3. The molecule has 3 heterocycles. The summed E-state index contributed by atoms with van der Waals surface area (Å²) in [7, 11) is 1.18. The third-order valence-electron chi connectivity index (χ3n) is 12.3. The monoisotopic (exact) mass is 825 g/mol. The summed E-state index contributed by atoms with van der Waals surface area (Å²) in [4.78, 5) is 44.2. The molecule has 0 amide bonds. The van der Waals surface area contributed by atoms with Crippen LogP contribution in [0.3, 0.4) is 0 Å². The third-order valence-corrected chi connectivity index (χ3v) is 12.9. The van der Waals surface area contributed by atoms with E-state index in [0.717, 1.165) is 6.92 Å². The lowest BCUT2D eigenvalue weighted by Crippen LogP contribution is -2.61. The molecule has 3 rings (SSSR count). The standard InChI is InChI=1S/C38H67NO16S/c1-15-26-38(10,55-56(45,46)47)31(42)21(4)28(40)19(2)17-37(9,49-14)33(54-35-29(41)25(39(11)12)16-20(3)50-35)22(5)30(23(6)34(44)52-26)53-27-18-36(8,48-13)32(43)24(7)51-27/h19-27,30-33,35,42-43H,15-18H2,1-14H3,(H,45,46,47). The Morgan fingerprint density at radius 1 is 0.839 bits per heavy atom. The fourth-order valence-electron chi connectivity index (χ4n) is 8.71. The topological polar surface area (TPSA) is 223 Å². The average Bonchev–Trinajstić information content (AvgIpc) is 3.11. The summed E-state index contributed by atoms with van der Waals surface area (Å²) in [6.07, 6.45) is -10.0. The van der Waals surface area contributed by atoms with Gasteiger partial charge in [-0.25, -0.2) is 4.18 Å². The van der Waals surface area contributed by atoms with Crippen molar-refractivity contribution < 1.29 is 74.9 Å². The Bertz CT molecular complexity index is 1480. The number of Topliss-reactive ketones (excluding diaryl/α,β-unsaturated/α-hetero) is 2. The number of hydrogen-bond donors (Lipinski definition) is 3. The molecule has 3 fully saturated rings. The largest absolute Gasteiger partial charge is 0.459 e. The number of nitrogens with zero attached hydrogens (tertiary/aromatic N) is 1. The van der Waals surface area contributed by atoms with Gasteiger partial charge in [0, 0.05) is 38.4 Å². The fraction of sp³-hybridized carbons (Fsp3) is 0.921. The van der Waals surface area contributed by atoms with Gasteiger partial charge < -0.3 is 43.4 Å². The maximum absolute atomic E-state index is 14.4. The molecule has 3 saturated heterocycles. The first-order valence-corrected chi connectivity index (χ1v) is 20.8. The summed E-state index contributed by atoms with van der Waals surface area (Å²) in [5.41, 5.74) is -4.85. The minimum absolute atomic E-state index is 0.0345. The number of likely N-dealkylation sites (N-methyl/N-ethyl adjacent to an activating group) is 1. The van der Waals surface area contributed by atoms with Crippen molar-refractivity contribution in [2.45, 2.75) is 173 Å². The summed E-state index contributed by atoms with van der Waals surface area (Å²) in [5.74, 6) is -6.04. The molecule has 17 nitrogen and oxygen atoms in total. The van der Waals surface area contributed by atoms with Gasteiger partial charge in [-0.15, -0.1) is 0 Å². The number of methoxy groups -OCH3 is 2. The van der Waals surface area contributed by atoms with Gasteiger partial charge in [-0.05, 0) is 74.9 Å². The predicted molar refractivity (Wildman–Crippen MR) is 200 cm³/mol. The van der Waals surface area contributed by atoms with Gasteiger partial charge in [0.15, 0.2) is 11.9 Å². The Hall–Kier alpha value is -1.68. The van der Waals surface area contributed by atoms with E-state index >= 15 is 0 Å². The number of ketones is 2. The van der Waals surface area contributed by atoms with Crippen molar-refractivity contribution in [2.24, 2.45) is 23.7 Å². The van der Waals surface area contributed by atoms with Crippen molar-refractivity contribution in [1.82, 2.24) is 4.90 Å². The Morgan fingerprint density at radius 3 is 1.95 bits per heavy atom. The van der Waals surface area contributed by atoms with Crippen LogP contribution in [0, 0.1) is 23.7 Å². The van der Waals surface area contributed by atoms with Gasteiger partial charge in [-0.3, -0.25) is 23.8 Å². The summed E-state index contributed by atoms with van der Waals surface area (Å²) >= 11 is 0. The van der Waals surface area contributed by atoms with Crippen LogP contribution in [0.1, 0.15) is 94.9 Å². The second-order valence-electron chi connectivity index (χ2n) is 16.9. The van der Waals surface area contributed by atoms with Gasteiger partial charge in [0.2, 0.25) is 12.1 Å². The van der Waals surface area contributed by atoms with Crippen molar-refractivity contribution in [3.63, 3.8) is 0 Å². The second-order valence-corrected chi connectivity index (χ2v) is 17.9. The lowest BCUT2D eigenvalue weighted by atomic mass is 9.74. The minimum atomic E-state index is -5.26. The Labute approximate surface area is 332 Å². The van der Waals surface area contributed by atoms with Crippen LogP contribution < -0.4 is 0 Å². The first-order chi connectivity index (χ1) is 25.7. The molecule has 56 heavy (non-hydrogen) atoms. The number of carbonyl (C=O) groups excluding carboxylic acids is 3. The number of carbonyl (C=O) groups is 3. The van der Waals surface area contributed by atoms with Crippen LogP contribution in [0.4, 0.5) is 0 Å². The zero-order valence-corrected chi connectivity index (χ0v) is 36.2. The van der Waals surface area contributed by atoms with Crippen LogP contribution in [0.2, 0.25) is 0 Å². The summed E-state index contributed by atoms with van der Waals surface area (Å²) in [5, 5.41) is 22.7. The second kappa shape index (κ2) is 18.7. The lowest BCUT2D eigenvalue weighted by Gasteiger charge is -2.49. The molecule has 3 N–H and O–H groups in total. The van der Waals surface area contributed by atoms with Crippen LogP contribution in [0.5, 0.6) is 0 Å². The number of rotatable bonds is 10. The molecule has 17 atom stereocenters. The highest BCUT2D eigenvalue weighted by Gasteiger charge is 2.55. The molecule has 0 aromatic carbocycles. The predicted octanol–water partition coefficient (Wildman–Crippen LogP) is 2.48. The van der Waals surface area contributed by atoms with E-state index in [0.29, 0.717) is 6.42 Å². The molecule has 18 heteroatoms. The fourth-order valence-corrected chi connectivity index (χ4v) is 9.37. The van der Waals surface area contributed by atoms with Crippen molar-refractivity contribution in [3.05, 3.63) is 0 Å². The van der Waals surface area contributed by atoms with Crippen LogP contribution >= 0.6 is 0 Å². The first-order valence-electron chi connectivity index (χ1n) is 19.4. The molecule has 0 saturated carbocycles. The number of hydrogen-bond acceptors (Lipinski definition) is 16. The first kappa shape index (κ1) is 48.7. The van der Waals surface area contributed by atoms with Crippen LogP contribution in [-0.2, 0) is 62.1 Å². The highest BCUT2D eigenvalue weighted by Crippen LogP contribution is 2.42. The minimum Gasteiger partial charge on any atom is -0.459 e. The van der Waals surface area contributed by atoms with Gasteiger partial charge in [0.1, 0.15) is 18.0 Å². The van der Waals surface area contributed by atoms with Crippen LogP contribution in [0.25, 0.3) is 0 Å². The van der Waals surface area contributed by atoms with Crippen molar-refractivity contribution in [3.8, 4) is 0 Å². The number of aliphatic hydroxyl groups excluding tert-OH is 2. The number of ether oxygens (including phenoxy) is 7. The normalized spacial score (nSPS) is 45.4. The maximum atomic E-state index is 14.4. The van der Waals surface area contributed by atoms with E-state index in [-0.39, 0.29) is 31.1 Å². The molecule has 0 spiro atoms. The molecule has 326 valence electrons. The summed E-state index contributed by atoms with van der Waals surface area (Å²) in [6, 6.07) is -0.532. The van der Waals surface area contributed by atoms with Crippen molar-refractivity contribution in [1.29, 1.82) is 0 Å². The molecule has 0 aliphatic carbocycles. The molecule has 0 radical (unpaired) electrons. The van der Waals surface area contributed by atoms with Crippen LogP contribution in [0.15, 0.2) is 0 Å². The molecule has 3 aliphatic rings. The highest BCUT2D eigenvalue weighted by molar-refractivity contribution is 7.80. The summed E-state index contributed by atoms with van der Waals surface area (Å²) < 4.78 is 82.8. The zero-order valence-electron chi connectivity index (χ0n) is 35.4. The van der Waals surface area contributed by atoms with E-state index in [1.807, 2.05) is 6.92 Å². The van der Waals surface area contributed by atoms with E-state index in [2.05, 4.69) is 0 Å². The van der Waals surface area contributed by atoms with E-state index < -0.39 is 118 Å². The molecule has 3 aliphatic heterocycles. The maximum Gasteiger partial charge on any atom is 0.398 e. The van der Waals surface area contributed by atoms with Crippen LogP contribution in [-0.4, -0.2) is 152 Å². The van der Waals surface area contributed by atoms with E-state index in [4.69, 9.17) is 37.3 Å². The molecule has 0 aromatic heterocycles. The van der Waals surface area contributed by atoms with Gasteiger partial charge in [0.05, 0.1) is 53.7 Å². The quantitative estimate of drug-likeness (QED) is 0.213. The molecule has 17 unspecified atom stereocenters. The van der Waals surface area contributed by atoms with Gasteiger partial charge in [-0.1, -0.05) is 27.7 Å². The van der Waals surface area contributed by atoms with E-state index in [1.165, 1.54) is 28.1 Å². The molecule has 0 bridgehead atoms. The number of aliphatic hydroxyl groups is 2. The number of cyclic esters (lactones) is 1. The van der Waals surface area contributed by atoms with Crippen molar-refractivity contribution >= 4 is 27.9 Å². The Morgan fingerprint density at radius 2 is 1.43 bits per heavy atom. The Balaban J connectivity index is 2.29. The zero-order chi connectivity index (χ0) is 42.9. The summed E-state index contributed by atoms with van der Waals surface area (Å²) in [6.45, 7) is 15.9. The van der Waals surface area contributed by atoms with Gasteiger partial charge in [0.25, 0.3) is 0 Å². The smallest absolute Gasteiger partial charge is 0.398 e. The lowest BCUT2D eigenvalue weighted by molar-refractivity contribution is -0.306. The SMILES string of the molecule is CCC1OC(=O)C(C)C(OC2CC(C)(OC)C(O)C(C)O2)C(C)C(OC2OC(C)CC(N(C)C)C2=O)C(C)(OC)CC(C)C(=O)C(C)C(O)C1(C)OS(=O)(=O)O. The van der Waals surface area contributed by atoms with Crippen molar-refractivity contribution in [2.75, 3.05) is 28.3 Å². The van der Waals surface area contributed by atoms with E-state index in [9.17, 15) is 37.6 Å². The molecule has 0 aromatic rings. The van der Waals surface area contributed by atoms with Gasteiger partial charge in [-0.2, -0.15) is 8.42 Å². The van der Waals surface area contributed by atoms with E-state index in [1.54, 1.807) is 60.5 Å². The van der Waals surface area contributed by atoms with Gasteiger partial charge >= 0.3 is 16.4 Å². The number of esters is 1. The third kappa shape index (κ3) is 10.5.